The SMILES string of the molecule is CC(=O)N[C@H](Cc1ccccc1)/C(C)=N/O. The lowest BCUT2D eigenvalue weighted by atomic mass is 10.0. The number of nitrogens with zero attached hydrogens (tertiary/aromatic N) is 1. The highest BCUT2D eigenvalue weighted by atomic mass is 16.4. The first-order valence-electron chi connectivity index (χ1n) is 5.13. The molecule has 0 spiro atoms. The molecule has 2 N–H and O–H groups in total. The summed E-state index contributed by atoms with van der Waals surface area (Å²) in [5.74, 6) is -0.135. The van der Waals surface area contributed by atoms with Gasteiger partial charge in [0.2, 0.25) is 5.91 Å². The van der Waals surface area contributed by atoms with E-state index >= 15 is 0 Å². The van der Waals surface area contributed by atoms with Gasteiger partial charge in [-0.2, -0.15) is 0 Å². The molecule has 4 nitrogen and oxygen atoms in total. The molecule has 0 unspecified atom stereocenters. The van der Waals surface area contributed by atoms with Crippen LogP contribution in [0.5, 0.6) is 0 Å². The van der Waals surface area contributed by atoms with E-state index in [2.05, 4.69) is 10.5 Å². The van der Waals surface area contributed by atoms with Crippen molar-refractivity contribution in [2.24, 2.45) is 5.16 Å². The van der Waals surface area contributed by atoms with Crippen LogP contribution in [0, 0.1) is 0 Å². The average molecular weight is 220 g/mol. The minimum atomic E-state index is -0.259. The molecule has 1 atom stereocenters. The monoisotopic (exact) mass is 220 g/mol. The minimum absolute atomic E-state index is 0.135. The lowest BCUT2D eigenvalue weighted by Crippen LogP contribution is -2.40. The quantitative estimate of drug-likeness (QED) is 0.460. The third kappa shape index (κ3) is 3.73. The highest BCUT2D eigenvalue weighted by Gasteiger charge is 2.14. The molecule has 0 aliphatic rings. The molecule has 0 saturated carbocycles. The van der Waals surface area contributed by atoms with Gasteiger partial charge in [-0.3, -0.25) is 4.79 Å². The Labute approximate surface area is 95.0 Å². The van der Waals surface area contributed by atoms with E-state index in [0.29, 0.717) is 12.1 Å². The number of hydrogen-bond acceptors (Lipinski definition) is 3. The maximum absolute atomic E-state index is 11.0. The summed E-state index contributed by atoms with van der Waals surface area (Å²) >= 11 is 0. The summed E-state index contributed by atoms with van der Waals surface area (Å²) in [5.41, 5.74) is 1.59. The first-order valence-corrected chi connectivity index (χ1v) is 5.13. The van der Waals surface area contributed by atoms with E-state index in [9.17, 15) is 4.79 Å². The van der Waals surface area contributed by atoms with Crippen molar-refractivity contribution >= 4 is 11.6 Å². The van der Waals surface area contributed by atoms with E-state index in [0.717, 1.165) is 5.56 Å². The zero-order chi connectivity index (χ0) is 12.0. The van der Waals surface area contributed by atoms with E-state index in [1.54, 1.807) is 6.92 Å². The number of rotatable bonds is 4. The van der Waals surface area contributed by atoms with Crippen LogP contribution in [0.2, 0.25) is 0 Å². The second-order valence-electron chi connectivity index (χ2n) is 3.68. The average Bonchev–Trinajstić information content (AvgIpc) is 2.28. The van der Waals surface area contributed by atoms with Crippen molar-refractivity contribution in [3.05, 3.63) is 35.9 Å². The molecular formula is C12H16N2O2. The van der Waals surface area contributed by atoms with Gasteiger partial charge in [-0.15, -0.1) is 0 Å². The van der Waals surface area contributed by atoms with Crippen molar-refractivity contribution in [1.82, 2.24) is 5.32 Å². The Kier molecular flexibility index (Phi) is 4.51. The van der Waals surface area contributed by atoms with E-state index in [1.165, 1.54) is 6.92 Å². The van der Waals surface area contributed by atoms with Crippen LogP contribution < -0.4 is 5.32 Å². The maximum Gasteiger partial charge on any atom is 0.217 e. The van der Waals surface area contributed by atoms with Crippen molar-refractivity contribution in [2.75, 3.05) is 0 Å². The molecule has 0 aromatic heterocycles. The summed E-state index contributed by atoms with van der Waals surface area (Å²) in [6.45, 7) is 3.13. The van der Waals surface area contributed by atoms with Gasteiger partial charge in [0.15, 0.2) is 0 Å². The standard InChI is InChI=1S/C12H16N2O2/c1-9(14-16)12(13-10(2)15)8-11-6-4-3-5-7-11/h3-7,12,16H,8H2,1-2H3,(H,13,15)/b14-9+/t12-/m1/s1. The van der Waals surface area contributed by atoms with Gasteiger partial charge in [0.25, 0.3) is 0 Å². The summed E-state index contributed by atoms with van der Waals surface area (Å²) in [4.78, 5) is 11.0. The number of oxime groups is 1. The fourth-order valence-corrected chi connectivity index (χ4v) is 1.47. The molecular weight excluding hydrogens is 204 g/mol. The van der Waals surface area contributed by atoms with Crippen LogP contribution in [-0.2, 0) is 11.2 Å². The zero-order valence-corrected chi connectivity index (χ0v) is 9.47. The Hall–Kier alpha value is -1.84. The maximum atomic E-state index is 11.0. The minimum Gasteiger partial charge on any atom is -0.411 e. The van der Waals surface area contributed by atoms with Gasteiger partial charge in [0, 0.05) is 6.92 Å². The number of carbonyl (C=O) groups is 1. The molecule has 1 amide bonds. The Morgan fingerprint density at radius 3 is 2.50 bits per heavy atom. The van der Waals surface area contributed by atoms with Gasteiger partial charge < -0.3 is 10.5 Å². The number of nitrogens with one attached hydrogen (secondary N) is 1. The third-order valence-electron chi connectivity index (χ3n) is 2.32. The Morgan fingerprint density at radius 2 is 2.00 bits per heavy atom. The van der Waals surface area contributed by atoms with E-state index in [4.69, 9.17) is 5.21 Å². The first-order chi connectivity index (χ1) is 7.63. The number of carbonyl (C=O) groups excluding carboxylic acids is 1. The van der Waals surface area contributed by atoms with E-state index < -0.39 is 0 Å². The van der Waals surface area contributed by atoms with Crippen LogP contribution in [0.25, 0.3) is 0 Å². The van der Waals surface area contributed by atoms with Crippen LogP contribution in [0.15, 0.2) is 35.5 Å². The zero-order valence-electron chi connectivity index (χ0n) is 9.47. The van der Waals surface area contributed by atoms with Crippen LogP contribution >= 0.6 is 0 Å². The highest BCUT2D eigenvalue weighted by molar-refractivity contribution is 5.90. The molecule has 16 heavy (non-hydrogen) atoms. The third-order valence-corrected chi connectivity index (χ3v) is 2.32. The second-order valence-corrected chi connectivity index (χ2v) is 3.68. The largest absolute Gasteiger partial charge is 0.411 e. The van der Waals surface area contributed by atoms with Gasteiger partial charge in [0.05, 0.1) is 11.8 Å². The molecule has 1 aromatic carbocycles. The predicted octanol–water partition coefficient (Wildman–Crippen LogP) is 1.58. The summed E-state index contributed by atoms with van der Waals surface area (Å²) in [7, 11) is 0. The Balaban J connectivity index is 2.75. The van der Waals surface area contributed by atoms with Crippen LogP contribution in [0.1, 0.15) is 19.4 Å². The summed E-state index contributed by atoms with van der Waals surface area (Å²) in [6, 6.07) is 9.49. The van der Waals surface area contributed by atoms with Gasteiger partial charge in [-0.05, 0) is 18.9 Å². The normalized spacial score (nSPS) is 13.2. The molecule has 1 rings (SSSR count). The van der Waals surface area contributed by atoms with Crippen LogP contribution in [0.3, 0.4) is 0 Å². The molecule has 4 heteroatoms. The number of hydrogen-bond donors (Lipinski definition) is 2. The lowest BCUT2D eigenvalue weighted by Gasteiger charge is -2.16. The number of benzene rings is 1. The topological polar surface area (TPSA) is 61.7 Å². The molecule has 0 aliphatic carbocycles. The fourth-order valence-electron chi connectivity index (χ4n) is 1.47. The van der Waals surface area contributed by atoms with Gasteiger partial charge in [0.1, 0.15) is 0 Å². The van der Waals surface area contributed by atoms with E-state index in [-0.39, 0.29) is 11.9 Å². The van der Waals surface area contributed by atoms with Crippen molar-refractivity contribution in [1.29, 1.82) is 0 Å². The lowest BCUT2D eigenvalue weighted by molar-refractivity contribution is -0.119. The first kappa shape index (κ1) is 12.2. The predicted molar refractivity (Wildman–Crippen MR) is 62.6 cm³/mol. The Morgan fingerprint density at radius 1 is 1.38 bits per heavy atom. The van der Waals surface area contributed by atoms with E-state index in [1.807, 2.05) is 30.3 Å². The molecule has 0 fully saturated rings. The van der Waals surface area contributed by atoms with Crippen LogP contribution in [-0.4, -0.2) is 22.9 Å². The second kappa shape index (κ2) is 5.90. The summed E-state index contributed by atoms with van der Waals surface area (Å²) in [6.07, 6.45) is 0.621. The molecule has 86 valence electrons. The Bertz CT molecular complexity index is 374. The molecule has 0 bridgehead atoms. The van der Waals surface area contributed by atoms with Crippen molar-refractivity contribution in [3.63, 3.8) is 0 Å². The molecule has 1 aromatic rings. The molecule has 0 aliphatic heterocycles. The summed E-state index contributed by atoms with van der Waals surface area (Å²) < 4.78 is 0. The van der Waals surface area contributed by atoms with Gasteiger partial charge in [-0.25, -0.2) is 0 Å². The number of amides is 1. The fraction of sp³-hybridized carbons (Fsp3) is 0.333. The van der Waals surface area contributed by atoms with Crippen LogP contribution in [0.4, 0.5) is 0 Å². The van der Waals surface area contributed by atoms with Gasteiger partial charge in [-0.1, -0.05) is 35.5 Å². The molecule has 0 radical (unpaired) electrons. The van der Waals surface area contributed by atoms with Gasteiger partial charge >= 0.3 is 0 Å². The van der Waals surface area contributed by atoms with Crippen molar-refractivity contribution < 1.29 is 10.0 Å². The van der Waals surface area contributed by atoms with Crippen molar-refractivity contribution in [3.8, 4) is 0 Å². The highest BCUT2D eigenvalue weighted by Crippen LogP contribution is 2.04. The summed E-state index contributed by atoms with van der Waals surface area (Å²) in [5, 5.41) is 14.6. The molecule has 0 heterocycles. The van der Waals surface area contributed by atoms with Crippen molar-refractivity contribution in [2.45, 2.75) is 26.3 Å². The smallest absolute Gasteiger partial charge is 0.217 e. The molecule has 0 saturated heterocycles.